The normalized spacial score (nSPS) is 10.7. The zero-order valence-electron chi connectivity index (χ0n) is 20.9. The lowest BCUT2D eigenvalue weighted by Crippen LogP contribution is -2.40. The Bertz CT molecular complexity index is 1620. The molecular formula is C28H26N4O6. The maximum atomic E-state index is 13.5. The van der Waals surface area contributed by atoms with E-state index in [-0.39, 0.29) is 30.9 Å². The molecule has 38 heavy (non-hydrogen) atoms. The number of ether oxygens (including phenoxy) is 1. The number of esters is 1. The molecule has 0 aliphatic heterocycles. The van der Waals surface area contributed by atoms with Gasteiger partial charge in [0, 0.05) is 12.7 Å². The first-order valence-corrected chi connectivity index (χ1v) is 11.9. The molecule has 0 unspecified atom stereocenters. The zero-order valence-corrected chi connectivity index (χ0v) is 20.9. The molecule has 0 spiro atoms. The lowest BCUT2D eigenvalue weighted by atomic mass is 10.1. The van der Waals surface area contributed by atoms with E-state index < -0.39 is 23.1 Å². The van der Waals surface area contributed by atoms with Crippen molar-refractivity contribution in [2.75, 3.05) is 19.0 Å². The number of anilines is 1. The van der Waals surface area contributed by atoms with Gasteiger partial charge in [-0.15, -0.1) is 0 Å². The number of nitrogens with one attached hydrogen (secondary N) is 2. The fourth-order valence-electron chi connectivity index (χ4n) is 3.99. The summed E-state index contributed by atoms with van der Waals surface area (Å²) in [6.07, 6.45) is 0.161. The minimum atomic E-state index is -0.680. The van der Waals surface area contributed by atoms with Crippen LogP contribution in [0.3, 0.4) is 0 Å². The Balaban J connectivity index is 1.66. The predicted octanol–water partition coefficient (Wildman–Crippen LogP) is 2.26. The summed E-state index contributed by atoms with van der Waals surface area (Å²) in [5.41, 5.74) is 0.936. The fraction of sp³-hybridized carbons (Fsp3) is 0.179. The Labute approximate surface area is 217 Å². The van der Waals surface area contributed by atoms with E-state index in [9.17, 15) is 24.0 Å². The molecule has 0 aliphatic rings. The van der Waals surface area contributed by atoms with Gasteiger partial charge < -0.3 is 15.4 Å². The van der Waals surface area contributed by atoms with Gasteiger partial charge in [-0.05, 0) is 61.0 Å². The maximum absolute atomic E-state index is 13.5. The smallest absolute Gasteiger partial charge is 0.338 e. The molecular weight excluding hydrogens is 488 g/mol. The molecule has 4 aromatic rings. The van der Waals surface area contributed by atoms with Crippen LogP contribution < -0.4 is 21.9 Å². The third kappa shape index (κ3) is 5.54. The second kappa shape index (κ2) is 11.4. The molecule has 1 heterocycles. The molecule has 0 aliphatic carbocycles. The van der Waals surface area contributed by atoms with Crippen LogP contribution in [0.2, 0.25) is 0 Å². The highest BCUT2D eigenvalue weighted by atomic mass is 16.5. The summed E-state index contributed by atoms with van der Waals surface area (Å²) in [4.78, 5) is 63.2. The molecule has 3 aromatic carbocycles. The van der Waals surface area contributed by atoms with Gasteiger partial charge in [0.05, 0.1) is 35.2 Å². The molecule has 0 saturated carbocycles. The van der Waals surface area contributed by atoms with Gasteiger partial charge in [-0.2, -0.15) is 0 Å². The number of hydrogen-bond acceptors (Lipinski definition) is 6. The number of amides is 2. The molecule has 0 fully saturated rings. The van der Waals surface area contributed by atoms with Crippen LogP contribution in [0.1, 0.15) is 22.8 Å². The van der Waals surface area contributed by atoms with E-state index >= 15 is 0 Å². The quantitative estimate of drug-likeness (QED) is 0.347. The molecule has 4 rings (SSSR count). The highest BCUT2D eigenvalue weighted by Crippen LogP contribution is 2.14. The number of hydrogen-bond donors (Lipinski definition) is 2. The standard InChI is InChI=1S/C28H26N4O6/c1-3-38-27(36)19-10-12-20(13-11-19)30-25(34)17-31-23-7-5-4-6-22(23)26(35)32(28(31)37)21-14-8-18(9-15-21)16-24(33)29-2/h4-15H,3,16-17H2,1-2H3,(H,29,33)(H,30,34). The SMILES string of the molecule is CCOC(=O)c1ccc(NC(=O)Cn2c(=O)n(-c3ccc(CC(=O)NC)cc3)c(=O)c3ccccc32)cc1. The van der Waals surface area contributed by atoms with Gasteiger partial charge in [0.2, 0.25) is 11.8 Å². The van der Waals surface area contributed by atoms with Crippen LogP contribution >= 0.6 is 0 Å². The Kier molecular flexibility index (Phi) is 7.81. The number of aromatic nitrogens is 2. The number of benzene rings is 3. The number of para-hydroxylation sites is 1. The van der Waals surface area contributed by atoms with Gasteiger partial charge in [-0.25, -0.2) is 14.2 Å². The first-order valence-electron chi connectivity index (χ1n) is 11.9. The Morgan fingerprint density at radius 2 is 1.55 bits per heavy atom. The van der Waals surface area contributed by atoms with Gasteiger partial charge in [-0.3, -0.25) is 19.0 Å². The van der Waals surface area contributed by atoms with Crippen molar-refractivity contribution in [2.45, 2.75) is 19.9 Å². The lowest BCUT2D eigenvalue weighted by molar-refractivity contribution is -0.120. The zero-order chi connectivity index (χ0) is 27.2. The topological polar surface area (TPSA) is 128 Å². The first-order chi connectivity index (χ1) is 18.3. The lowest BCUT2D eigenvalue weighted by Gasteiger charge is -2.14. The molecule has 10 heteroatoms. The Morgan fingerprint density at radius 1 is 0.868 bits per heavy atom. The van der Waals surface area contributed by atoms with E-state index in [1.54, 1.807) is 74.6 Å². The van der Waals surface area contributed by atoms with E-state index in [1.165, 1.54) is 16.7 Å². The molecule has 2 N–H and O–H groups in total. The van der Waals surface area contributed by atoms with Crippen molar-refractivity contribution in [3.8, 4) is 5.69 Å². The summed E-state index contributed by atoms with van der Waals surface area (Å²) < 4.78 is 7.20. The van der Waals surface area contributed by atoms with Crippen LogP contribution in [0.5, 0.6) is 0 Å². The highest BCUT2D eigenvalue weighted by molar-refractivity contribution is 5.93. The van der Waals surface area contributed by atoms with Crippen molar-refractivity contribution in [2.24, 2.45) is 0 Å². The molecule has 0 radical (unpaired) electrons. The number of carbonyl (C=O) groups is 3. The summed E-state index contributed by atoms with van der Waals surface area (Å²) in [7, 11) is 1.54. The van der Waals surface area contributed by atoms with Crippen LogP contribution in [0, 0.1) is 0 Å². The number of rotatable bonds is 8. The summed E-state index contributed by atoms with van der Waals surface area (Å²) in [5.74, 6) is -1.12. The monoisotopic (exact) mass is 514 g/mol. The first kappa shape index (κ1) is 26.1. The number of nitrogens with zero attached hydrogens (tertiary/aromatic N) is 2. The van der Waals surface area contributed by atoms with Crippen molar-refractivity contribution in [3.63, 3.8) is 0 Å². The van der Waals surface area contributed by atoms with Gasteiger partial charge >= 0.3 is 11.7 Å². The third-order valence-corrected chi connectivity index (χ3v) is 5.87. The van der Waals surface area contributed by atoms with Crippen LogP contribution in [-0.2, 0) is 27.3 Å². The Morgan fingerprint density at radius 3 is 2.21 bits per heavy atom. The molecule has 0 saturated heterocycles. The summed E-state index contributed by atoms with van der Waals surface area (Å²) in [6, 6.07) is 19.3. The predicted molar refractivity (Wildman–Crippen MR) is 143 cm³/mol. The molecule has 0 atom stereocenters. The van der Waals surface area contributed by atoms with Gasteiger partial charge in [-0.1, -0.05) is 24.3 Å². The van der Waals surface area contributed by atoms with E-state index in [2.05, 4.69) is 10.6 Å². The van der Waals surface area contributed by atoms with Crippen molar-refractivity contribution in [3.05, 3.63) is 105 Å². The van der Waals surface area contributed by atoms with E-state index in [0.717, 1.165) is 10.1 Å². The summed E-state index contributed by atoms with van der Waals surface area (Å²) in [6.45, 7) is 1.61. The largest absolute Gasteiger partial charge is 0.462 e. The van der Waals surface area contributed by atoms with E-state index in [4.69, 9.17) is 4.74 Å². The molecule has 10 nitrogen and oxygen atoms in total. The van der Waals surface area contributed by atoms with Crippen molar-refractivity contribution in [1.29, 1.82) is 0 Å². The van der Waals surface area contributed by atoms with Crippen molar-refractivity contribution < 1.29 is 19.1 Å². The van der Waals surface area contributed by atoms with Crippen LogP contribution in [-0.4, -0.2) is 40.6 Å². The number of likely N-dealkylation sites (N-methyl/N-ethyl adjacent to an activating group) is 1. The summed E-state index contributed by atoms with van der Waals surface area (Å²) >= 11 is 0. The second-order valence-electron chi connectivity index (χ2n) is 8.39. The van der Waals surface area contributed by atoms with Crippen molar-refractivity contribution in [1.82, 2.24) is 14.5 Å². The molecule has 1 aromatic heterocycles. The van der Waals surface area contributed by atoms with Crippen LogP contribution in [0.4, 0.5) is 5.69 Å². The number of fused-ring (bicyclic) bond motifs is 1. The van der Waals surface area contributed by atoms with Gasteiger partial charge in [0.15, 0.2) is 0 Å². The second-order valence-corrected chi connectivity index (χ2v) is 8.39. The molecule has 2 amide bonds. The van der Waals surface area contributed by atoms with E-state index in [0.29, 0.717) is 22.5 Å². The minimum absolute atomic E-state index is 0.161. The molecule has 0 bridgehead atoms. The maximum Gasteiger partial charge on any atom is 0.338 e. The minimum Gasteiger partial charge on any atom is -0.462 e. The highest BCUT2D eigenvalue weighted by Gasteiger charge is 2.17. The van der Waals surface area contributed by atoms with E-state index in [1.807, 2.05) is 0 Å². The average molecular weight is 515 g/mol. The van der Waals surface area contributed by atoms with Gasteiger partial charge in [0.1, 0.15) is 6.54 Å². The van der Waals surface area contributed by atoms with Gasteiger partial charge in [0.25, 0.3) is 5.56 Å². The van der Waals surface area contributed by atoms with Crippen LogP contribution in [0.25, 0.3) is 16.6 Å². The van der Waals surface area contributed by atoms with Crippen LogP contribution in [0.15, 0.2) is 82.4 Å². The summed E-state index contributed by atoms with van der Waals surface area (Å²) in [5, 5.41) is 5.53. The Hall–Kier alpha value is -4.99. The third-order valence-electron chi connectivity index (χ3n) is 5.87. The number of carbonyl (C=O) groups excluding carboxylic acids is 3. The van der Waals surface area contributed by atoms with Crippen molar-refractivity contribution >= 4 is 34.4 Å². The molecule has 194 valence electrons. The average Bonchev–Trinajstić information content (AvgIpc) is 2.92. The fourth-order valence-corrected chi connectivity index (χ4v) is 3.99.